The molecule has 0 bridgehead atoms. The Morgan fingerprint density at radius 1 is 1.25 bits per heavy atom. The molecular formula is C12H10Cl2FNO4. The molecule has 0 spiro atoms. The van der Waals surface area contributed by atoms with Crippen molar-refractivity contribution in [3.63, 3.8) is 0 Å². The van der Waals surface area contributed by atoms with Gasteiger partial charge in [-0.05, 0) is 12.1 Å². The zero-order valence-electron chi connectivity index (χ0n) is 10.5. The van der Waals surface area contributed by atoms with Crippen LogP contribution in [0.25, 0.3) is 0 Å². The number of benzene rings is 1. The fraction of sp³-hybridized carbons (Fsp3) is 0.167. The predicted molar refractivity (Wildman–Crippen MR) is 72.2 cm³/mol. The predicted octanol–water partition coefficient (Wildman–Crippen LogP) is 2.77. The summed E-state index contributed by atoms with van der Waals surface area (Å²) in [6.07, 6.45) is 0.808. The summed E-state index contributed by atoms with van der Waals surface area (Å²) in [7, 11) is 2.23. The second-order valence-corrected chi connectivity index (χ2v) is 4.20. The van der Waals surface area contributed by atoms with Crippen molar-refractivity contribution in [2.24, 2.45) is 0 Å². The molecule has 0 radical (unpaired) electrons. The van der Waals surface area contributed by atoms with E-state index in [1.54, 1.807) is 0 Å². The quantitative estimate of drug-likeness (QED) is 0.525. The van der Waals surface area contributed by atoms with Crippen LogP contribution in [0.4, 0.5) is 10.1 Å². The van der Waals surface area contributed by atoms with E-state index in [-0.39, 0.29) is 21.4 Å². The highest BCUT2D eigenvalue weighted by atomic mass is 35.5. The Morgan fingerprint density at radius 3 is 2.45 bits per heavy atom. The summed E-state index contributed by atoms with van der Waals surface area (Å²) < 4.78 is 22.5. The van der Waals surface area contributed by atoms with Crippen LogP contribution >= 0.6 is 23.2 Å². The SMILES string of the molecule is COC(=O)/C=C(/Nc1c(F)ccc(Cl)c1Cl)C(=O)OC. The van der Waals surface area contributed by atoms with Crippen molar-refractivity contribution in [1.82, 2.24) is 0 Å². The van der Waals surface area contributed by atoms with Gasteiger partial charge in [0.1, 0.15) is 11.5 Å². The second-order valence-electron chi connectivity index (χ2n) is 3.42. The Morgan fingerprint density at radius 2 is 1.90 bits per heavy atom. The minimum Gasteiger partial charge on any atom is -0.466 e. The van der Waals surface area contributed by atoms with Crippen LogP contribution in [0, 0.1) is 5.82 Å². The zero-order chi connectivity index (χ0) is 15.3. The van der Waals surface area contributed by atoms with E-state index in [4.69, 9.17) is 23.2 Å². The highest BCUT2D eigenvalue weighted by Crippen LogP contribution is 2.33. The van der Waals surface area contributed by atoms with Crippen molar-refractivity contribution in [1.29, 1.82) is 0 Å². The number of nitrogens with one attached hydrogen (secondary N) is 1. The first kappa shape index (κ1) is 16.3. The molecule has 8 heteroatoms. The number of rotatable bonds is 4. The van der Waals surface area contributed by atoms with Crippen LogP contribution in [0.2, 0.25) is 10.0 Å². The zero-order valence-corrected chi connectivity index (χ0v) is 12.0. The Hall–Kier alpha value is -1.79. The maximum atomic E-state index is 13.7. The highest BCUT2D eigenvalue weighted by molar-refractivity contribution is 6.43. The van der Waals surface area contributed by atoms with E-state index in [2.05, 4.69) is 14.8 Å². The molecule has 0 atom stereocenters. The fourth-order valence-electron chi connectivity index (χ4n) is 1.21. The smallest absolute Gasteiger partial charge is 0.354 e. The van der Waals surface area contributed by atoms with E-state index in [0.29, 0.717) is 0 Å². The lowest BCUT2D eigenvalue weighted by atomic mass is 10.2. The average molecular weight is 322 g/mol. The van der Waals surface area contributed by atoms with Crippen molar-refractivity contribution in [3.05, 3.63) is 39.8 Å². The van der Waals surface area contributed by atoms with Crippen molar-refractivity contribution in [2.75, 3.05) is 19.5 Å². The summed E-state index contributed by atoms with van der Waals surface area (Å²) in [5.41, 5.74) is -0.595. The number of carbonyl (C=O) groups excluding carboxylic acids is 2. The molecule has 0 unspecified atom stereocenters. The number of hydrogen-bond donors (Lipinski definition) is 1. The van der Waals surface area contributed by atoms with Crippen LogP contribution in [-0.4, -0.2) is 26.2 Å². The first-order chi connectivity index (χ1) is 9.40. The summed E-state index contributed by atoms with van der Waals surface area (Å²) in [6, 6.07) is 2.32. The normalized spacial score (nSPS) is 10.9. The molecule has 20 heavy (non-hydrogen) atoms. The number of ether oxygens (including phenoxy) is 2. The van der Waals surface area contributed by atoms with Crippen LogP contribution in [0.15, 0.2) is 23.9 Å². The highest BCUT2D eigenvalue weighted by Gasteiger charge is 2.18. The van der Waals surface area contributed by atoms with E-state index in [1.807, 2.05) is 0 Å². The third-order valence-corrected chi connectivity index (χ3v) is 2.98. The molecule has 0 aliphatic carbocycles. The fourth-order valence-corrected chi connectivity index (χ4v) is 1.57. The second kappa shape index (κ2) is 7.12. The van der Waals surface area contributed by atoms with Crippen molar-refractivity contribution < 1.29 is 23.5 Å². The third kappa shape index (κ3) is 3.85. The van der Waals surface area contributed by atoms with Crippen LogP contribution in [0.3, 0.4) is 0 Å². The number of anilines is 1. The Balaban J connectivity index is 3.21. The van der Waals surface area contributed by atoms with Crippen LogP contribution in [0.5, 0.6) is 0 Å². The minimum atomic E-state index is -0.897. The standard InChI is InChI=1S/C12H10Cl2FNO4/c1-19-9(17)5-8(12(18)20-2)16-11-7(15)4-3-6(13)10(11)14/h3-5,16H,1-2H3/b8-5+. The summed E-state index contributed by atoms with van der Waals surface area (Å²) in [6.45, 7) is 0. The molecule has 0 amide bonds. The van der Waals surface area contributed by atoms with Crippen LogP contribution in [0.1, 0.15) is 0 Å². The summed E-state index contributed by atoms with van der Waals surface area (Å²) >= 11 is 11.6. The van der Waals surface area contributed by atoms with Crippen LogP contribution in [-0.2, 0) is 19.1 Å². The van der Waals surface area contributed by atoms with Gasteiger partial charge in [0.25, 0.3) is 0 Å². The molecule has 5 nitrogen and oxygen atoms in total. The molecule has 1 aromatic rings. The number of hydrogen-bond acceptors (Lipinski definition) is 5. The summed E-state index contributed by atoms with van der Waals surface area (Å²) in [4.78, 5) is 22.7. The molecule has 0 fully saturated rings. The van der Waals surface area contributed by atoms with Crippen LogP contribution < -0.4 is 5.32 Å². The molecule has 1 N–H and O–H groups in total. The van der Waals surface area contributed by atoms with Gasteiger partial charge in [-0.3, -0.25) is 0 Å². The van der Waals surface area contributed by atoms with E-state index < -0.39 is 17.8 Å². The van der Waals surface area contributed by atoms with Gasteiger partial charge in [0, 0.05) is 0 Å². The van der Waals surface area contributed by atoms with Gasteiger partial charge in [-0.1, -0.05) is 23.2 Å². The van der Waals surface area contributed by atoms with E-state index in [9.17, 15) is 14.0 Å². The average Bonchev–Trinajstić information content (AvgIpc) is 2.45. The van der Waals surface area contributed by atoms with Gasteiger partial charge in [0.15, 0.2) is 0 Å². The van der Waals surface area contributed by atoms with Gasteiger partial charge in [-0.2, -0.15) is 0 Å². The van der Waals surface area contributed by atoms with Gasteiger partial charge in [-0.25, -0.2) is 14.0 Å². The third-order valence-electron chi connectivity index (χ3n) is 2.17. The number of carbonyl (C=O) groups is 2. The lowest BCUT2D eigenvalue weighted by Gasteiger charge is -2.12. The molecule has 0 heterocycles. The molecule has 0 aromatic heterocycles. The van der Waals surface area contributed by atoms with Gasteiger partial charge in [0.2, 0.25) is 0 Å². The number of esters is 2. The van der Waals surface area contributed by atoms with Gasteiger partial charge in [-0.15, -0.1) is 0 Å². The van der Waals surface area contributed by atoms with Gasteiger partial charge < -0.3 is 14.8 Å². The van der Waals surface area contributed by atoms with Crippen molar-refractivity contribution in [3.8, 4) is 0 Å². The topological polar surface area (TPSA) is 64.6 Å². The molecule has 0 saturated carbocycles. The Bertz CT molecular complexity index is 575. The van der Waals surface area contributed by atoms with E-state index in [0.717, 1.165) is 26.4 Å². The molecule has 0 aliphatic heterocycles. The first-order valence-electron chi connectivity index (χ1n) is 5.19. The largest absolute Gasteiger partial charge is 0.466 e. The van der Waals surface area contributed by atoms with Crippen molar-refractivity contribution >= 4 is 40.8 Å². The number of halogens is 3. The maximum absolute atomic E-state index is 13.7. The molecule has 108 valence electrons. The molecule has 1 aromatic carbocycles. The summed E-state index contributed by atoms with van der Waals surface area (Å²) in [5.74, 6) is -2.47. The molecule has 0 saturated heterocycles. The lowest BCUT2D eigenvalue weighted by Crippen LogP contribution is -2.16. The molecule has 0 aliphatic rings. The Kier molecular flexibility index (Phi) is 5.79. The van der Waals surface area contributed by atoms with Crippen molar-refractivity contribution in [2.45, 2.75) is 0 Å². The maximum Gasteiger partial charge on any atom is 0.354 e. The number of methoxy groups -OCH3 is 2. The Labute approximate surface area is 124 Å². The first-order valence-corrected chi connectivity index (χ1v) is 5.94. The summed E-state index contributed by atoms with van der Waals surface area (Å²) in [5, 5.41) is 2.31. The van der Waals surface area contributed by atoms with Gasteiger partial charge >= 0.3 is 11.9 Å². The molecular weight excluding hydrogens is 312 g/mol. The monoisotopic (exact) mass is 321 g/mol. The van der Waals surface area contributed by atoms with E-state index >= 15 is 0 Å². The van der Waals surface area contributed by atoms with E-state index in [1.165, 1.54) is 6.07 Å². The molecule has 1 rings (SSSR count). The lowest BCUT2D eigenvalue weighted by molar-refractivity contribution is -0.138. The minimum absolute atomic E-state index is 0.0813. The van der Waals surface area contributed by atoms with Gasteiger partial charge in [0.05, 0.1) is 36.0 Å².